The van der Waals surface area contributed by atoms with E-state index in [1.54, 1.807) is 24.4 Å². The third kappa shape index (κ3) is 4.92. The van der Waals surface area contributed by atoms with E-state index in [1.807, 2.05) is 36.4 Å². The highest BCUT2D eigenvalue weighted by Crippen LogP contribution is 2.21. The number of nitrogens with zero attached hydrogens (tertiary/aromatic N) is 2. The van der Waals surface area contributed by atoms with E-state index in [-0.39, 0.29) is 5.91 Å². The Balaban J connectivity index is 1.70. The van der Waals surface area contributed by atoms with Gasteiger partial charge in [-0.25, -0.2) is 4.98 Å². The van der Waals surface area contributed by atoms with E-state index in [4.69, 9.17) is 11.6 Å². The average Bonchev–Trinajstić information content (AvgIpc) is 2.57. The van der Waals surface area contributed by atoms with E-state index in [0.29, 0.717) is 16.8 Å². The molecule has 0 radical (unpaired) electrons. The van der Waals surface area contributed by atoms with Gasteiger partial charge in [-0.05, 0) is 48.5 Å². The number of carbonyl (C=O) groups excluding carboxylic acids is 1. The van der Waals surface area contributed by atoms with Crippen LogP contribution in [0.15, 0.2) is 60.8 Å². The predicted octanol–water partition coefficient (Wildman–Crippen LogP) is 4.58. The molecule has 1 aromatic heterocycles. The number of carbonyl (C=O) groups is 1. The molecule has 1 heterocycles. The van der Waals surface area contributed by atoms with Crippen molar-refractivity contribution in [1.29, 1.82) is 0 Å². The van der Waals surface area contributed by atoms with Crippen LogP contribution in [0.3, 0.4) is 0 Å². The third-order valence-electron chi connectivity index (χ3n) is 3.21. The summed E-state index contributed by atoms with van der Waals surface area (Å²) in [6, 6.07) is 16.5. The van der Waals surface area contributed by atoms with Crippen LogP contribution in [-0.2, 0) is 4.79 Å². The Morgan fingerprint density at radius 2 is 1.72 bits per heavy atom. The van der Waals surface area contributed by atoms with Gasteiger partial charge >= 0.3 is 0 Å². The van der Waals surface area contributed by atoms with E-state index in [2.05, 4.69) is 25.9 Å². The zero-order valence-corrected chi connectivity index (χ0v) is 14.2. The fraction of sp³-hybridized carbons (Fsp3) is 0.0556. The second-order valence-corrected chi connectivity index (χ2v) is 5.72. The van der Waals surface area contributed by atoms with Crippen molar-refractivity contribution in [3.05, 3.63) is 65.8 Å². The van der Waals surface area contributed by atoms with Gasteiger partial charge in [0.05, 0.1) is 0 Å². The first kappa shape index (κ1) is 16.7. The van der Waals surface area contributed by atoms with Gasteiger partial charge in [0, 0.05) is 35.2 Å². The molecule has 25 heavy (non-hydrogen) atoms. The fourth-order valence-corrected chi connectivity index (χ4v) is 2.36. The number of hydrogen-bond donors (Lipinski definition) is 3. The lowest BCUT2D eigenvalue weighted by molar-refractivity contribution is -0.114. The van der Waals surface area contributed by atoms with Crippen molar-refractivity contribution in [1.82, 2.24) is 9.97 Å². The average molecular weight is 354 g/mol. The molecule has 0 saturated heterocycles. The lowest BCUT2D eigenvalue weighted by atomic mass is 10.2. The molecule has 0 aliphatic heterocycles. The van der Waals surface area contributed by atoms with Crippen molar-refractivity contribution >= 4 is 46.3 Å². The molecule has 0 bridgehead atoms. The van der Waals surface area contributed by atoms with Crippen LogP contribution >= 0.6 is 11.6 Å². The van der Waals surface area contributed by atoms with Gasteiger partial charge in [0.25, 0.3) is 0 Å². The molecule has 7 heteroatoms. The predicted molar refractivity (Wildman–Crippen MR) is 101 cm³/mol. The number of benzene rings is 2. The minimum Gasteiger partial charge on any atom is -0.340 e. The highest BCUT2D eigenvalue weighted by molar-refractivity contribution is 6.30. The molecule has 0 spiro atoms. The summed E-state index contributed by atoms with van der Waals surface area (Å²) in [5.41, 5.74) is 2.40. The Labute approximate surface area is 150 Å². The number of amides is 1. The number of hydrogen-bond acceptors (Lipinski definition) is 5. The minimum absolute atomic E-state index is 0.103. The second-order valence-electron chi connectivity index (χ2n) is 5.28. The summed E-state index contributed by atoms with van der Waals surface area (Å²) in [6.45, 7) is 1.47. The fourth-order valence-electron chi connectivity index (χ4n) is 2.17. The largest absolute Gasteiger partial charge is 0.340 e. The molecule has 0 aliphatic rings. The zero-order valence-electron chi connectivity index (χ0n) is 13.5. The molecule has 3 rings (SSSR count). The number of rotatable bonds is 5. The maximum Gasteiger partial charge on any atom is 0.229 e. The van der Waals surface area contributed by atoms with Gasteiger partial charge in [0.2, 0.25) is 11.9 Å². The Kier molecular flexibility index (Phi) is 5.11. The van der Waals surface area contributed by atoms with Gasteiger partial charge in [-0.3, -0.25) is 4.79 Å². The van der Waals surface area contributed by atoms with Crippen molar-refractivity contribution < 1.29 is 4.79 Å². The molecule has 0 aliphatic carbocycles. The molecule has 3 N–H and O–H groups in total. The first-order valence-corrected chi connectivity index (χ1v) is 7.96. The highest BCUT2D eigenvalue weighted by Gasteiger charge is 2.02. The lowest BCUT2D eigenvalue weighted by Crippen LogP contribution is -2.05. The molecule has 0 saturated carbocycles. The molecule has 3 aromatic rings. The quantitative estimate of drug-likeness (QED) is 0.626. The number of anilines is 5. The van der Waals surface area contributed by atoms with Crippen LogP contribution in [0.2, 0.25) is 5.02 Å². The molecule has 1 amide bonds. The lowest BCUT2D eigenvalue weighted by Gasteiger charge is -2.09. The minimum atomic E-state index is -0.103. The Hall–Kier alpha value is -3.12. The van der Waals surface area contributed by atoms with Crippen molar-refractivity contribution in [3.63, 3.8) is 0 Å². The Bertz CT molecular complexity index is 883. The van der Waals surface area contributed by atoms with Crippen LogP contribution in [0.4, 0.5) is 28.8 Å². The maximum atomic E-state index is 11.0. The van der Waals surface area contributed by atoms with Crippen LogP contribution in [0.25, 0.3) is 0 Å². The first-order valence-electron chi connectivity index (χ1n) is 7.59. The monoisotopic (exact) mass is 353 g/mol. The summed E-state index contributed by atoms with van der Waals surface area (Å²) in [7, 11) is 0. The maximum absolute atomic E-state index is 11.0. The summed E-state index contributed by atoms with van der Waals surface area (Å²) in [5, 5.41) is 9.66. The normalized spacial score (nSPS) is 10.2. The van der Waals surface area contributed by atoms with Gasteiger partial charge in [-0.1, -0.05) is 17.7 Å². The zero-order chi connectivity index (χ0) is 17.6. The van der Waals surface area contributed by atoms with Crippen LogP contribution in [0.1, 0.15) is 6.92 Å². The molecule has 126 valence electrons. The molecule has 2 aromatic carbocycles. The first-order chi connectivity index (χ1) is 12.1. The van der Waals surface area contributed by atoms with Crippen LogP contribution in [-0.4, -0.2) is 15.9 Å². The van der Waals surface area contributed by atoms with Crippen LogP contribution in [0.5, 0.6) is 0 Å². The van der Waals surface area contributed by atoms with E-state index in [9.17, 15) is 4.79 Å². The van der Waals surface area contributed by atoms with Gasteiger partial charge in [0.1, 0.15) is 5.82 Å². The summed E-state index contributed by atoms with van der Waals surface area (Å²) in [4.78, 5) is 19.7. The van der Waals surface area contributed by atoms with E-state index < -0.39 is 0 Å². The summed E-state index contributed by atoms with van der Waals surface area (Å²) < 4.78 is 0. The van der Waals surface area contributed by atoms with Crippen molar-refractivity contribution in [3.8, 4) is 0 Å². The number of aromatic nitrogens is 2. The van der Waals surface area contributed by atoms with E-state index in [0.717, 1.165) is 17.1 Å². The molecule has 0 atom stereocenters. The number of nitrogens with one attached hydrogen (secondary N) is 3. The van der Waals surface area contributed by atoms with Gasteiger partial charge in [0.15, 0.2) is 0 Å². The molecule has 0 unspecified atom stereocenters. The Morgan fingerprint density at radius 3 is 2.44 bits per heavy atom. The van der Waals surface area contributed by atoms with Gasteiger partial charge in [-0.15, -0.1) is 0 Å². The van der Waals surface area contributed by atoms with E-state index in [1.165, 1.54) is 6.92 Å². The molecular formula is C18H16ClN5O. The number of halogens is 1. The molecule has 6 nitrogen and oxygen atoms in total. The summed E-state index contributed by atoms with van der Waals surface area (Å²) in [6.07, 6.45) is 1.66. The smallest absolute Gasteiger partial charge is 0.229 e. The van der Waals surface area contributed by atoms with Crippen molar-refractivity contribution in [2.24, 2.45) is 0 Å². The van der Waals surface area contributed by atoms with Crippen molar-refractivity contribution in [2.75, 3.05) is 16.0 Å². The molecule has 0 fully saturated rings. The van der Waals surface area contributed by atoms with Crippen molar-refractivity contribution in [2.45, 2.75) is 6.92 Å². The topological polar surface area (TPSA) is 78.9 Å². The third-order valence-corrected chi connectivity index (χ3v) is 3.45. The van der Waals surface area contributed by atoms with E-state index >= 15 is 0 Å². The van der Waals surface area contributed by atoms with Crippen LogP contribution in [0, 0.1) is 0 Å². The SMILES string of the molecule is CC(=O)Nc1ccc(Nc2ccnc(Nc3cccc(Cl)c3)n2)cc1. The Morgan fingerprint density at radius 1 is 0.960 bits per heavy atom. The second kappa shape index (κ2) is 7.63. The summed E-state index contributed by atoms with van der Waals surface area (Å²) >= 11 is 5.97. The van der Waals surface area contributed by atoms with Gasteiger partial charge in [-0.2, -0.15) is 4.98 Å². The highest BCUT2D eigenvalue weighted by atomic mass is 35.5. The standard InChI is InChI=1S/C18H16ClN5O/c1-12(25)21-14-5-7-15(8-6-14)22-17-9-10-20-18(24-17)23-16-4-2-3-13(19)11-16/h2-11H,1H3,(H,21,25)(H2,20,22,23,24). The summed E-state index contributed by atoms with van der Waals surface area (Å²) in [5.74, 6) is 1.00. The molecular weight excluding hydrogens is 338 g/mol. The van der Waals surface area contributed by atoms with Gasteiger partial charge < -0.3 is 16.0 Å². The van der Waals surface area contributed by atoms with Crippen LogP contribution < -0.4 is 16.0 Å².